The van der Waals surface area contributed by atoms with Crippen molar-refractivity contribution in [1.82, 2.24) is 15.6 Å². The van der Waals surface area contributed by atoms with Crippen molar-refractivity contribution in [3.05, 3.63) is 30.1 Å². The number of carbonyl (C=O) groups excluding carboxylic acids is 1. The molecule has 0 spiro atoms. The Morgan fingerprint density at radius 1 is 1.31 bits per heavy atom. The van der Waals surface area contributed by atoms with Crippen LogP contribution >= 0.6 is 0 Å². The zero-order chi connectivity index (χ0) is 11.6. The monoisotopic (exact) mass is 221 g/mol. The van der Waals surface area contributed by atoms with E-state index in [1.807, 2.05) is 19.1 Å². The third kappa shape index (κ3) is 5.46. The van der Waals surface area contributed by atoms with Crippen LogP contribution in [0.15, 0.2) is 24.5 Å². The maximum atomic E-state index is 11.3. The van der Waals surface area contributed by atoms with Gasteiger partial charge in [0, 0.05) is 31.9 Å². The van der Waals surface area contributed by atoms with Gasteiger partial charge in [-0.25, -0.2) is 0 Å². The molecule has 0 unspecified atom stereocenters. The molecule has 1 heterocycles. The molecule has 0 aliphatic rings. The highest BCUT2D eigenvalue weighted by Crippen LogP contribution is 1.95. The third-order valence-electron chi connectivity index (χ3n) is 2.26. The maximum Gasteiger partial charge on any atom is 0.221 e. The molecule has 1 rings (SSSR count). The van der Waals surface area contributed by atoms with Crippen LogP contribution in [0.3, 0.4) is 0 Å². The topological polar surface area (TPSA) is 54.0 Å². The normalized spacial score (nSPS) is 10.1. The van der Waals surface area contributed by atoms with Crippen LogP contribution in [0.4, 0.5) is 0 Å². The molecule has 0 saturated carbocycles. The fraction of sp³-hybridized carbons (Fsp3) is 0.500. The maximum absolute atomic E-state index is 11.3. The minimum atomic E-state index is 0.106. The van der Waals surface area contributed by atoms with E-state index in [0.717, 1.165) is 19.5 Å². The van der Waals surface area contributed by atoms with E-state index >= 15 is 0 Å². The highest BCUT2D eigenvalue weighted by Gasteiger charge is 1.99. The molecule has 0 radical (unpaired) electrons. The Labute approximate surface area is 96.5 Å². The van der Waals surface area contributed by atoms with Gasteiger partial charge in [0.2, 0.25) is 5.91 Å². The summed E-state index contributed by atoms with van der Waals surface area (Å²) in [5.41, 5.74) is 1.20. The van der Waals surface area contributed by atoms with E-state index in [4.69, 9.17) is 0 Å². The van der Waals surface area contributed by atoms with Crippen molar-refractivity contribution < 1.29 is 4.79 Å². The number of carbonyl (C=O) groups is 1. The summed E-state index contributed by atoms with van der Waals surface area (Å²) < 4.78 is 0. The summed E-state index contributed by atoms with van der Waals surface area (Å²) in [6.07, 6.45) is 4.93. The van der Waals surface area contributed by atoms with E-state index in [2.05, 4.69) is 15.6 Å². The van der Waals surface area contributed by atoms with Crippen LogP contribution in [0, 0.1) is 0 Å². The molecule has 0 bridgehead atoms. The third-order valence-corrected chi connectivity index (χ3v) is 2.26. The second-order valence-corrected chi connectivity index (χ2v) is 3.56. The first-order valence-electron chi connectivity index (χ1n) is 5.69. The predicted octanol–water partition coefficient (Wildman–Crippen LogP) is 0.740. The van der Waals surface area contributed by atoms with Crippen molar-refractivity contribution >= 4 is 5.91 Å². The first-order chi connectivity index (χ1) is 7.83. The number of amides is 1. The minimum absolute atomic E-state index is 0.106. The number of pyridine rings is 1. The van der Waals surface area contributed by atoms with Gasteiger partial charge < -0.3 is 10.6 Å². The van der Waals surface area contributed by atoms with Gasteiger partial charge in [0.1, 0.15) is 0 Å². The van der Waals surface area contributed by atoms with E-state index in [0.29, 0.717) is 13.0 Å². The number of nitrogens with zero attached hydrogens (tertiary/aromatic N) is 1. The van der Waals surface area contributed by atoms with Crippen LogP contribution < -0.4 is 10.6 Å². The molecule has 88 valence electrons. The lowest BCUT2D eigenvalue weighted by Crippen LogP contribution is -2.29. The van der Waals surface area contributed by atoms with Crippen molar-refractivity contribution in [3.8, 4) is 0 Å². The largest absolute Gasteiger partial charge is 0.356 e. The highest BCUT2D eigenvalue weighted by molar-refractivity contribution is 5.76. The van der Waals surface area contributed by atoms with Crippen LogP contribution in [0.25, 0.3) is 0 Å². The Bertz CT molecular complexity index is 300. The average molecular weight is 221 g/mol. The summed E-state index contributed by atoms with van der Waals surface area (Å²) in [4.78, 5) is 15.3. The van der Waals surface area contributed by atoms with Crippen molar-refractivity contribution in [3.63, 3.8) is 0 Å². The second-order valence-electron chi connectivity index (χ2n) is 3.56. The number of hydrogen-bond acceptors (Lipinski definition) is 3. The summed E-state index contributed by atoms with van der Waals surface area (Å²) in [6, 6.07) is 3.93. The molecule has 0 aromatic carbocycles. The molecular formula is C12H19N3O. The van der Waals surface area contributed by atoms with E-state index in [1.54, 1.807) is 12.4 Å². The minimum Gasteiger partial charge on any atom is -0.356 e. The van der Waals surface area contributed by atoms with Crippen LogP contribution in [0.2, 0.25) is 0 Å². The van der Waals surface area contributed by atoms with Gasteiger partial charge in [0.05, 0.1) is 0 Å². The summed E-state index contributed by atoms with van der Waals surface area (Å²) in [5.74, 6) is 0.106. The van der Waals surface area contributed by atoms with Crippen LogP contribution in [-0.4, -0.2) is 30.5 Å². The molecule has 0 saturated heterocycles. The molecule has 1 aromatic rings. The first kappa shape index (κ1) is 12.6. The lowest BCUT2D eigenvalue weighted by Gasteiger charge is -2.05. The molecule has 1 aromatic heterocycles. The summed E-state index contributed by atoms with van der Waals surface area (Å²) in [5, 5.41) is 6.01. The standard InChI is InChI=1S/C12H19N3O/c1-2-13-9-6-12(16)15-10-5-11-3-7-14-8-4-11/h3-4,7-8,13H,2,5-6,9-10H2,1H3,(H,15,16). The smallest absolute Gasteiger partial charge is 0.221 e. The van der Waals surface area contributed by atoms with Gasteiger partial charge in [-0.15, -0.1) is 0 Å². The lowest BCUT2D eigenvalue weighted by atomic mass is 10.2. The summed E-state index contributed by atoms with van der Waals surface area (Å²) in [6.45, 7) is 4.37. The highest BCUT2D eigenvalue weighted by atomic mass is 16.1. The number of nitrogens with one attached hydrogen (secondary N) is 2. The van der Waals surface area contributed by atoms with Gasteiger partial charge in [-0.1, -0.05) is 6.92 Å². The Balaban J connectivity index is 2.09. The van der Waals surface area contributed by atoms with Crippen molar-refractivity contribution in [2.75, 3.05) is 19.6 Å². The predicted molar refractivity (Wildman–Crippen MR) is 64.1 cm³/mol. The summed E-state index contributed by atoms with van der Waals surface area (Å²) >= 11 is 0. The molecule has 0 aliphatic heterocycles. The molecule has 0 aliphatic carbocycles. The van der Waals surface area contributed by atoms with Crippen LogP contribution in [0.5, 0.6) is 0 Å². The van der Waals surface area contributed by atoms with E-state index in [9.17, 15) is 4.79 Å². The van der Waals surface area contributed by atoms with Crippen molar-refractivity contribution in [1.29, 1.82) is 0 Å². The molecule has 1 amide bonds. The Morgan fingerprint density at radius 3 is 2.75 bits per heavy atom. The van der Waals surface area contributed by atoms with E-state index in [-0.39, 0.29) is 5.91 Å². The molecule has 2 N–H and O–H groups in total. The first-order valence-corrected chi connectivity index (χ1v) is 5.69. The van der Waals surface area contributed by atoms with Crippen molar-refractivity contribution in [2.24, 2.45) is 0 Å². The van der Waals surface area contributed by atoms with Gasteiger partial charge >= 0.3 is 0 Å². The summed E-state index contributed by atoms with van der Waals surface area (Å²) in [7, 11) is 0. The molecular weight excluding hydrogens is 202 g/mol. The van der Waals surface area contributed by atoms with Crippen LogP contribution in [0.1, 0.15) is 18.9 Å². The number of rotatable bonds is 7. The Kier molecular flexibility index (Phi) is 6.18. The zero-order valence-electron chi connectivity index (χ0n) is 9.70. The number of aromatic nitrogens is 1. The zero-order valence-corrected chi connectivity index (χ0v) is 9.70. The second kappa shape index (κ2) is 7.82. The molecule has 4 heteroatoms. The Hall–Kier alpha value is -1.42. The average Bonchev–Trinajstić information content (AvgIpc) is 2.31. The molecule has 16 heavy (non-hydrogen) atoms. The van der Waals surface area contributed by atoms with Gasteiger partial charge in [0.15, 0.2) is 0 Å². The fourth-order valence-electron chi connectivity index (χ4n) is 1.36. The molecule has 0 atom stereocenters. The van der Waals surface area contributed by atoms with Gasteiger partial charge in [-0.05, 0) is 30.7 Å². The van der Waals surface area contributed by atoms with Crippen LogP contribution in [-0.2, 0) is 11.2 Å². The number of hydrogen-bond donors (Lipinski definition) is 2. The lowest BCUT2D eigenvalue weighted by molar-refractivity contribution is -0.120. The van der Waals surface area contributed by atoms with E-state index in [1.165, 1.54) is 5.56 Å². The van der Waals surface area contributed by atoms with Gasteiger partial charge in [-0.2, -0.15) is 0 Å². The molecule has 0 fully saturated rings. The van der Waals surface area contributed by atoms with Crippen molar-refractivity contribution in [2.45, 2.75) is 19.8 Å². The van der Waals surface area contributed by atoms with Gasteiger partial charge in [0.25, 0.3) is 0 Å². The van der Waals surface area contributed by atoms with E-state index < -0.39 is 0 Å². The quantitative estimate of drug-likeness (QED) is 0.668. The Morgan fingerprint density at radius 2 is 2.06 bits per heavy atom. The fourth-order valence-corrected chi connectivity index (χ4v) is 1.36. The molecule has 4 nitrogen and oxygen atoms in total. The SMILES string of the molecule is CCNCCC(=O)NCCc1ccncc1. The van der Waals surface area contributed by atoms with Gasteiger partial charge in [-0.3, -0.25) is 9.78 Å².